The van der Waals surface area contributed by atoms with Crippen LogP contribution >= 0.6 is 0 Å². The molecule has 0 saturated heterocycles. The Morgan fingerprint density at radius 1 is 1.27 bits per heavy atom. The lowest BCUT2D eigenvalue weighted by molar-refractivity contribution is -0.139. The van der Waals surface area contributed by atoms with Gasteiger partial charge in [-0.05, 0) is 19.1 Å². The predicted octanol–water partition coefficient (Wildman–Crippen LogP) is 0.520. The van der Waals surface area contributed by atoms with Crippen LogP contribution in [0.15, 0.2) is 24.4 Å². The summed E-state index contributed by atoms with van der Waals surface area (Å²) in [5.41, 5.74) is 5.69. The van der Waals surface area contributed by atoms with Gasteiger partial charge >= 0.3 is 0 Å². The zero-order valence-electron chi connectivity index (χ0n) is 14.2. The molecule has 0 unspecified atom stereocenters. The van der Waals surface area contributed by atoms with Crippen LogP contribution in [0.1, 0.15) is 23.2 Å². The molecule has 2 N–H and O–H groups in total. The first-order valence-electron chi connectivity index (χ1n) is 8.22. The molecule has 3 heterocycles. The number of aromatic nitrogens is 2. The van der Waals surface area contributed by atoms with Gasteiger partial charge in [-0.2, -0.15) is 0 Å². The molecule has 2 aromatic rings. The maximum Gasteiger partial charge on any atom is 0.266 e. The summed E-state index contributed by atoms with van der Waals surface area (Å²) < 4.78 is 18.1. The Morgan fingerprint density at radius 2 is 2.08 bits per heavy atom. The lowest BCUT2D eigenvalue weighted by Crippen LogP contribution is -2.45. The van der Waals surface area contributed by atoms with E-state index in [1.54, 1.807) is 34.6 Å². The normalized spacial score (nSPS) is 16.1. The van der Waals surface area contributed by atoms with Crippen LogP contribution in [0.3, 0.4) is 0 Å². The van der Waals surface area contributed by atoms with Crippen LogP contribution in [-0.4, -0.2) is 45.7 Å². The minimum atomic E-state index is -0.674. The van der Waals surface area contributed by atoms with Crippen LogP contribution in [0.5, 0.6) is 17.2 Å². The molecule has 2 amide bonds. The minimum Gasteiger partial charge on any atom is -0.481 e. The van der Waals surface area contributed by atoms with Gasteiger partial charge in [0.25, 0.3) is 11.8 Å². The number of carbonyl (C=O) groups excluding carboxylic acids is 2. The van der Waals surface area contributed by atoms with Crippen molar-refractivity contribution in [3.8, 4) is 17.2 Å². The SMILES string of the molecule is C[C@@H](Oc1ccc2c(c1)OCO2)C(=O)N1CCn2c(C(N)=O)cnc2C1. The van der Waals surface area contributed by atoms with E-state index in [1.807, 2.05) is 0 Å². The van der Waals surface area contributed by atoms with Gasteiger partial charge in [-0.3, -0.25) is 9.59 Å². The summed E-state index contributed by atoms with van der Waals surface area (Å²) in [4.78, 5) is 29.9. The fraction of sp³-hybridized carbons (Fsp3) is 0.353. The van der Waals surface area contributed by atoms with E-state index in [1.165, 1.54) is 6.20 Å². The topological polar surface area (TPSA) is 109 Å². The Kier molecular flexibility index (Phi) is 3.90. The quantitative estimate of drug-likeness (QED) is 0.853. The highest BCUT2D eigenvalue weighted by Crippen LogP contribution is 2.35. The van der Waals surface area contributed by atoms with E-state index in [0.29, 0.717) is 48.4 Å². The van der Waals surface area contributed by atoms with Gasteiger partial charge in [-0.1, -0.05) is 0 Å². The van der Waals surface area contributed by atoms with Crippen molar-refractivity contribution in [1.82, 2.24) is 14.5 Å². The van der Waals surface area contributed by atoms with E-state index in [2.05, 4.69) is 4.98 Å². The third kappa shape index (κ3) is 2.81. The first-order valence-corrected chi connectivity index (χ1v) is 8.22. The van der Waals surface area contributed by atoms with Crippen molar-refractivity contribution in [2.24, 2.45) is 5.73 Å². The van der Waals surface area contributed by atoms with Gasteiger partial charge < -0.3 is 29.4 Å². The number of rotatable bonds is 4. The summed E-state index contributed by atoms with van der Waals surface area (Å²) >= 11 is 0. The fourth-order valence-electron chi connectivity index (χ4n) is 3.11. The Morgan fingerprint density at radius 3 is 2.88 bits per heavy atom. The van der Waals surface area contributed by atoms with Gasteiger partial charge in [0.15, 0.2) is 17.6 Å². The lowest BCUT2D eigenvalue weighted by atomic mass is 10.2. The molecule has 0 saturated carbocycles. The van der Waals surface area contributed by atoms with Gasteiger partial charge in [0.2, 0.25) is 6.79 Å². The average molecular weight is 358 g/mol. The summed E-state index contributed by atoms with van der Waals surface area (Å²) in [6.07, 6.45) is 0.769. The Labute approximate surface area is 149 Å². The van der Waals surface area contributed by atoms with Crippen LogP contribution in [-0.2, 0) is 17.9 Å². The van der Waals surface area contributed by atoms with Crippen LogP contribution in [0.25, 0.3) is 0 Å². The highest BCUT2D eigenvalue weighted by Gasteiger charge is 2.28. The Hall–Kier alpha value is -3.23. The van der Waals surface area contributed by atoms with Crippen LogP contribution < -0.4 is 19.9 Å². The van der Waals surface area contributed by atoms with E-state index in [-0.39, 0.29) is 12.7 Å². The summed E-state index contributed by atoms with van der Waals surface area (Å²) in [5, 5.41) is 0. The molecule has 0 radical (unpaired) electrons. The lowest BCUT2D eigenvalue weighted by Gasteiger charge is -2.30. The van der Waals surface area contributed by atoms with Crippen molar-refractivity contribution in [2.45, 2.75) is 26.1 Å². The van der Waals surface area contributed by atoms with Crippen molar-refractivity contribution < 1.29 is 23.8 Å². The molecule has 26 heavy (non-hydrogen) atoms. The molecule has 0 bridgehead atoms. The van der Waals surface area contributed by atoms with Crippen molar-refractivity contribution in [1.29, 1.82) is 0 Å². The highest BCUT2D eigenvalue weighted by molar-refractivity contribution is 5.91. The molecule has 1 atom stereocenters. The largest absolute Gasteiger partial charge is 0.481 e. The number of nitrogens with zero attached hydrogens (tertiary/aromatic N) is 3. The van der Waals surface area contributed by atoms with Crippen molar-refractivity contribution in [2.75, 3.05) is 13.3 Å². The second kappa shape index (κ2) is 6.25. The summed E-state index contributed by atoms with van der Waals surface area (Å²) in [6, 6.07) is 5.19. The van der Waals surface area contributed by atoms with E-state index >= 15 is 0 Å². The fourth-order valence-corrected chi connectivity index (χ4v) is 3.11. The minimum absolute atomic E-state index is 0.155. The molecule has 2 aliphatic rings. The number of carbonyl (C=O) groups is 2. The van der Waals surface area contributed by atoms with Gasteiger partial charge in [0.1, 0.15) is 17.3 Å². The Bertz CT molecular complexity index is 878. The maximum absolute atomic E-state index is 12.7. The van der Waals surface area contributed by atoms with Crippen LogP contribution in [0.4, 0.5) is 0 Å². The van der Waals surface area contributed by atoms with E-state index in [0.717, 1.165) is 0 Å². The first kappa shape index (κ1) is 16.2. The number of hydrogen-bond donors (Lipinski definition) is 1. The second-order valence-corrected chi connectivity index (χ2v) is 6.11. The number of ether oxygens (including phenoxy) is 3. The van der Waals surface area contributed by atoms with Gasteiger partial charge in [-0.25, -0.2) is 4.98 Å². The highest BCUT2D eigenvalue weighted by atomic mass is 16.7. The number of primary amides is 1. The molecule has 4 rings (SSSR count). The van der Waals surface area contributed by atoms with E-state index in [4.69, 9.17) is 19.9 Å². The number of hydrogen-bond acceptors (Lipinski definition) is 6. The standard InChI is InChI=1S/C17H18N4O5/c1-10(26-11-2-3-13-14(6-11)25-9-24-13)17(23)20-4-5-21-12(16(18)22)7-19-15(21)8-20/h2-3,6-7,10H,4-5,8-9H2,1H3,(H2,18,22)/t10-/m1/s1. The molecular formula is C17H18N4O5. The molecule has 2 aliphatic heterocycles. The molecule has 0 fully saturated rings. The number of imidazole rings is 1. The van der Waals surface area contributed by atoms with Gasteiger partial charge in [0, 0.05) is 19.2 Å². The smallest absolute Gasteiger partial charge is 0.266 e. The average Bonchev–Trinajstić information content (AvgIpc) is 3.26. The van der Waals surface area contributed by atoms with Crippen molar-refractivity contribution >= 4 is 11.8 Å². The summed E-state index contributed by atoms with van der Waals surface area (Å²) in [5.74, 6) is 1.74. The summed E-state index contributed by atoms with van der Waals surface area (Å²) in [6.45, 7) is 3.11. The van der Waals surface area contributed by atoms with Gasteiger partial charge in [-0.15, -0.1) is 0 Å². The molecular weight excluding hydrogens is 340 g/mol. The molecule has 9 nitrogen and oxygen atoms in total. The number of amides is 2. The third-order valence-electron chi connectivity index (χ3n) is 4.43. The third-order valence-corrected chi connectivity index (χ3v) is 4.43. The number of nitrogens with two attached hydrogens (primary N) is 1. The van der Waals surface area contributed by atoms with E-state index in [9.17, 15) is 9.59 Å². The maximum atomic E-state index is 12.7. The Balaban J connectivity index is 1.43. The van der Waals surface area contributed by atoms with E-state index < -0.39 is 12.0 Å². The zero-order valence-corrected chi connectivity index (χ0v) is 14.2. The van der Waals surface area contributed by atoms with Crippen LogP contribution in [0.2, 0.25) is 0 Å². The molecule has 0 spiro atoms. The molecule has 136 valence electrons. The monoisotopic (exact) mass is 358 g/mol. The predicted molar refractivity (Wildman–Crippen MR) is 88.8 cm³/mol. The first-order chi connectivity index (χ1) is 12.5. The van der Waals surface area contributed by atoms with Crippen molar-refractivity contribution in [3.05, 3.63) is 35.9 Å². The molecule has 0 aliphatic carbocycles. The molecule has 1 aromatic heterocycles. The van der Waals surface area contributed by atoms with Crippen molar-refractivity contribution in [3.63, 3.8) is 0 Å². The zero-order chi connectivity index (χ0) is 18.3. The number of fused-ring (bicyclic) bond motifs is 2. The molecule has 1 aromatic carbocycles. The van der Waals surface area contributed by atoms with Gasteiger partial charge in [0.05, 0.1) is 12.7 Å². The molecule has 9 heteroatoms. The van der Waals surface area contributed by atoms with Crippen LogP contribution in [0, 0.1) is 0 Å². The second-order valence-electron chi connectivity index (χ2n) is 6.11. The summed E-state index contributed by atoms with van der Waals surface area (Å²) in [7, 11) is 0. The number of benzene rings is 1.